The number of ether oxygens (including phenoxy) is 3. The standard InChI is InChI=1S/C23H20O5/c1-14-6-5-7-15(2)20(14)26-17-12-10-16(11-13-17)21-22(23(24)25)28-19-9-4-3-8-18(19)27-21/h3-13,21-22H,1-2H3,(H,24,25). The first kappa shape index (κ1) is 17.9. The van der Waals surface area contributed by atoms with Crippen LogP contribution < -0.4 is 14.2 Å². The molecule has 0 saturated carbocycles. The van der Waals surface area contributed by atoms with Gasteiger partial charge in [-0.05, 0) is 54.8 Å². The van der Waals surface area contributed by atoms with E-state index in [0.717, 1.165) is 16.9 Å². The highest BCUT2D eigenvalue weighted by molar-refractivity contribution is 5.75. The zero-order valence-corrected chi connectivity index (χ0v) is 15.6. The van der Waals surface area contributed by atoms with Gasteiger partial charge in [-0.2, -0.15) is 0 Å². The van der Waals surface area contributed by atoms with Gasteiger partial charge in [0.05, 0.1) is 0 Å². The number of hydrogen-bond acceptors (Lipinski definition) is 4. The monoisotopic (exact) mass is 376 g/mol. The molecule has 1 aliphatic rings. The first-order valence-corrected chi connectivity index (χ1v) is 9.02. The summed E-state index contributed by atoms with van der Waals surface area (Å²) in [6.07, 6.45) is -1.87. The highest BCUT2D eigenvalue weighted by atomic mass is 16.6. The van der Waals surface area contributed by atoms with Crippen LogP contribution in [0.4, 0.5) is 0 Å². The van der Waals surface area contributed by atoms with Crippen LogP contribution in [0.15, 0.2) is 66.7 Å². The summed E-state index contributed by atoms with van der Waals surface area (Å²) >= 11 is 0. The lowest BCUT2D eigenvalue weighted by Gasteiger charge is -2.31. The molecule has 0 fully saturated rings. The van der Waals surface area contributed by atoms with Gasteiger partial charge in [0, 0.05) is 0 Å². The van der Waals surface area contributed by atoms with E-state index in [-0.39, 0.29) is 0 Å². The molecule has 2 unspecified atom stereocenters. The van der Waals surface area contributed by atoms with Crippen molar-refractivity contribution in [2.24, 2.45) is 0 Å². The number of aliphatic carboxylic acids is 1. The number of rotatable bonds is 4. The van der Waals surface area contributed by atoms with E-state index in [0.29, 0.717) is 22.8 Å². The van der Waals surface area contributed by atoms with Crippen molar-refractivity contribution in [3.63, 3.8) is 0 Å². The van der Waals surface area contributed by atoms with Gasteiger partial charge in [0.1, 0.15) is 11.5 Å². The molecule has 0 amide bonds. The first-order valence-electron chi connectivity index (χ1n) is 9.02. The van der Waals surface area contributed by atoms with Crippen LogP contribution >= 0.6 is 0 Å². The maximum Gasteiger partial charge on any atom is 0.349 e. The molecule has 0 aliphatic carbocycles. The molecule has 142 valence electrons. The summed E-state index contributed by atoms with van der Waals surface area (Å²) in [5.74, 6) is 1.38. The average Bonchev–Trinajstić information content (AvgIpc) is 2.70. The number of fused-ring (bicyclic) bond motifs is 1. The van der Waals surface area contributed by atoms with Gasteiger partial charge < -0.3 is 19.3 Å². The normalized spacial score (nSPS) is 17.8. The van der Waals surface area contributed by atoms with E-state index < -0.39 is 18.2 Å². The van der Waals surface area contributed by atoms with Crippen LogP contribution in [0.1, 0.15) is 22.8 Å². The maximum atomic E-state index is 11.7. The number of para-hydroxylation sites is 3. The number of hydrogen-bond donors (Lipinski definition) is 1. The minimum atomic E-state index is -1.12. The van der Waals surface area contributed by atoms with Crippen LogP contribution in [-0.4, -0.2) is 17.2 Å². The molecule has 0 spiro atoms. The molecule has 4 rings (SSSR count). The summed E-state index contributed by atoms with van der Waals surface area (Å²) in [7, 11) is 0. The molecule has 5 nitrogen and oxygen atoms in total. The highest BCUT2D eigenvalue weighted by Crippen LogP contribution is 2.40. The lowest BCUT2D eigenvalue weighted by Crippen LogP contribution is -2.39. The van der Waals surface area contributed by atoms with Crippen molar-refractivity contribution in [1.29, 1.82) is 0 Å². The molecule has 28 heavy (non-hydrogen) atoms. The van der Waals surface area contributed by atoms with Crippen molar-refractivity contribution in [3.05, 3.63) is 83.4 Å². The highest BCUT2D eigenvalue weighted by Gasteiger charge is 2.38. The Hall–Kier alpha value is -3.47. The molecule has 1 heterocycles. The number of aryl methyl sites for hydroxylation is 2. The van der Waals surface area contributed by atoms with Crippen molar-refractivity contribution in [2.75, 3.05) is 0 Å². The van der Waals surface area contributed by atoms with E-state index in [1.54, 1.807) is 30.3 Å². The van der Waals surface area contributed by atoms with E-state index in [2.05, 4.69) is 0 Å². The molecule has 0 aromatic heterocycles. The molecule has 3 aromatic rings. The Morgan fingerprint density at radius 1 is 0.857 bits per heavy atom. The fraction of sp³-hybridized carbons (Fsp3) is 0.174. The van der Waals surface area contributed by atoms with Crippen LogP contribution in [0.3, 0.4) is 0 Å². The number of benzene rings is 3. The SMILES string of the molecule is Cc1cccc(C)c1Oc1ccc(C2Oc3ccccc3OC2C(=O)O)cc1. The second-order valence-electron chi connectivity index (χ2n) is 6.75. The first-order chi connectivity index (χ1) is 13.5. The zero-order valence-electron chi connectivity index (χ0n) is 15.6. The Morgan fingerprint density at radius 3 is 2.07 bits per heavy atom. The van der Waals surface area contributed by atoms with Gasteiger partial charge in [-0.25, -0.2) is 4.79 Å². The van der Waals surface area contributed by atoms with E-state index in [1.165, 1.54) is 0 Å². The zero-order chi connectivity index (χ0) is 19.7. The quantitative estimate of drug-likeness (QED) is 0.689. The van der Waals surface area contributed by atoms with Crippen molar-refractivity contribution in [1.82, 2.24) is 0 Å². The number of carbonyl (C=O) groups is 1. The van der Waals surface area contributed by atoms with E-state index in [4.69, 9.17) is 14.2 Å². The topological polar surface area (TPSA) is 65.0 Å². The lowest BCUT2D eigenvalue weighted by atomic mass is 10.0. The Balaban J connectivity index is 1.60. The second-order valence-corrected chi connectivity index (χ2v) is 6.75. The van der Waals surface area contributed by atoms with Crippen molar-refractivity contribution >= 4 is 5.97 Å². The van der Waals surface area contributed by atoms with Gasteiger partial charge in [0.25, 0.3) is 0 Å². The average molecular weight is 376 g/mol. The molecule has 5 heteroatoms. The van der Waals surface area contributed by atoms with Crippen LogP contribution in [0.5, 0.6) is 23.0 Å². The van der Waals surface area contributed by atoms with Crippen LogP contribution in [-0.2, 0) is 4.79 Å². The molecule has 1 aliphatic heterocycles. The Morgan fingerprint density at radius 2 is 1.46 bits per heavy atom. The van der Waals surface area contributed by atoms with Crippen molar-refractivity contribution < 1.29 is 24.1 Å². The van der Waals surface area contributed by atoms with Crippen molar-refractivity contribution in [3.8, 4) is 23.0 Å². The van der Waals surface area contributed by atoms with Crippen LogP contribution in [0.25, 0.3) is 0 Å². The molecule has 0 saturated heterocycles. The van der Waals surface area contributed by atoms with Gasteiger partial charge in [0.2, 0.25) is 6.10 Å². The number of carboxylic acid groups (broad SMARTS) is 1. The fourth-order valence-electron chi connectivity index (χ4n) is 3.27. The number of carboxylic acids is 1. The molecule has 1 N–H and O–H groups in total. The third-order valence-corrected chi connectivity index (χ3v) is 4.71. The molecular weight excluding hydrogens is 356 g/mol. The molecular formula is C23H20O5. The van der Waals surface area contributed by atoms with Gasteiger partial charge >= 0.3 is 5.97 Å². The lowest BCUT2D eigenvalue weighted by molar-refractivity contribution is -0.151. The Bertz CT molecular complexity index is 990. The van der Waals surface area contributed by atoms with Crippen molar-refractivity contribution in [2.45, 2.75) is 26.1 Å². The van der Waals surface area contributed by atoms with Gasteiger partial charge in [-0.1, -0.05) is 42.5 Å². The van der Waals surface area contributed by atoms with Crippen LogP contribution in [0, 0.1) is 13.8 Å². The molecule has 0 radical (unpaired) electrons. The fourth-order valence-corrected chi connectivity index (χ4v) is 3.27. The van der Waals surface area contributed by atoms with Gasteiger partial charge in [-0.3, -0.25) is 0 Å². The third kappa shape index (κ3) is 3.39. The van der Waals surface area contributed by atoms with Gasteiger partial charge in [-0.15, -0.1) is 0 Å². The summed E-state index contributed by atoms with van der Waals surface area (Å²) in [6.45, 7) is 4.00. The van der Waals surface area contributed by atoms with Crippen LogP contribution in [0.2, 0.25) is 0 Å². The Labute approximate surface area is 163 Å². The summed E-state index contributed by atoms with van der Waals surface area (Å²) in [4.78, 5) is 11.7. The smallest absolute Gasteiger partial charge is 0.349 e. The minimum absolute atomic E-state index is 0.432. The van der Waals surface area contributed by atoms with E-state index in [9.17, 15) is 9.90 Å². The van der Waals surface area contributed by atoms with E-state index >= 15 is 0 Å². The minimum Gasteiger partial charge on any atom is -0.478 e. The molecule has 2 atom stereocenters. The molecule has 3 aromatic carbocycles. The van der Waals surface area contributed by atoms with Gasteiger partial charge in [0.15, 0.2) is 17.6 Å². The summed E-state index contributed by atoms with van der Waals surface area (Å²) < 4.78 is 17.6. The third-order valence-electron chi connectivity index (χ3n) is 4.71. The van der Waals surface area contributed by atoms with E-state index in [1.807, 2.05) is 50.2 Å². The maximum absolute atomic E-state index is 11.7. The summed E-state index contributed by atoms with van der Waals surface area (Å²) in [6, 6.07) is 20.3. The summed E-state index contributed by atoms with van der Waals surface area (Å²) in [5.41, 5.74) is 2.81. The largest absolute Gasteiger partial charge is 0.478 e. The molecule has 0 bridgehead atoms. The summed E-state index contributed by atoms with van der Waals surface area (Å²) in [5, 5.41) is 9.58. The predicted octanol–water partition coefficient (Wildman–Crippen LogP) is 5.06. The second kappa shape index (κ2) is 7.27. The Kier molecular flexibility index (Phi) is 4.65. The predicted molar refractivity (Wildman–Crippen MR) is 104 cm³/mol.